The number of methoxy groups -OCH3 is 1. The average molecular weight is 292 g/mol. The van der Waals surface area contributed by atoms with Gasteiger partial charge < -0.3 is 14.4 Å². The van der Waals surface area contributed by atoms with Gasteiger partial charge >= 0.3 is 0 Å². The third-order valence-electron chi connectivity index (χ3n) is 3.02. The van der Waals surface area contributed by atoms with Crippen LogP contribution in [0.4, 0.5) is 5.69 Å². The Bertz CT molecular complexity index is 654. The van der Waals surface area contributed by atoms with Crippen LogP contribution >= 0.6 is 0 Å². The summed E-state index contributed by atoms with van der Waals surface area (Å²) in [6.07, 6.45) is 0. The van der Waals surface area contributed by atoms with Crippen molar-refractivity contribution >= 4 is 5.69 Å². The Morgan fingerprint density at radius 3 is 2.76 bits per heavy atom. The van der Waals surface area contributed by atoms with E-state index in [1.54, 1.807) is 24.7 Å². The number of aryl methyl sites for hydroxylation is 1. The second kappa shape index (κ2) is 6.42. The summed E-state index contributed by atoms with van der Waals surface area (Å²) < 4.78 is 6.72. The maximum Gasteiger partial charge on any atom is 0.270 e. The third kappa shape index (κ3) is 3.23. The fourth-order valence-corrected chi connectivity index (χ4v) is 2.08. The van der Waals surface area contributed by atoms with E-state index in [1.165, 1.54) is 12.1 Å². The summed E-state index contributed by atoms with van der Waals surface area (Å²) in [5.74, 6) is 0.870. The molecule has 0 amide bonds. The summed E-state index contributed by atoms with van der Waals surface area (Å²) in [6, 6.07) is 4.73. The lowest BCUT2D eigenvalue weighted by molar-refractivity contribution is -0.384. The van der Waals surface area contributed by atoms with Crippen molar-refractivity contribution in [3.63, 3.8) is 0 Å². The van der Waals surface area contributed by atoms with Crippen molar-refractivity contribution in [3.8, 4) is 11.4 Å². The minimum absolute atomic E-state index is 0.00293. The summed E-state index contributed by atoms with van der Waals surface area (Å²) in [5, 5.41) is 28.2. The molecule has 8 heteroatoms. The summed E-state index contributed by atoms with van der Waals surface area (Å²) in [6.45, 7) is 2.40. The zero-order chi connectivity index (χ0) is 15.4. The lowest BCUT2D eigenvalue weighted by atomic mass is 10.1. The standard InChI is InChI=1S/C13H16N4O4/c1-9-5-10(7-11(6-9)17(19)20)13-15-14-12(8-18)16(13)3-4-21-2/h5-7,18H,3-4,8H2,1-2H3. The van der Waals surface area contributed by atoms with Crippen LogP contribution in [0, 0.1) is 17.0 Å². The van der Waals surface area contributed by atoms with Crippen molar-refractivity contribution in [1.29, 1.82) is 0 Å². The largest absolute Gasteiger partial charge is 0.388 e. The van der Waals surface area contributed by atoms with Gasteiger partial charge in [0, 0.05) is 31.4 Å². The van der Waals surface area contributed by atoms with Crippen molar-refractivity contribution in [3.05, 3.63) is 39.7 Å². The molecule has 0 saturated carbocycles. The van der Waals surface area contributed by atoms with E-state index < -0.39 is 4.92 Å². The van der Waals surface area contributed by atoms with Gasteiger partial charge in [0.2, 0.25) is 0 Å². The number of hydrogen-bond acceptors (Lipinski definition) is 6. The molecule has 0 bridgehead atoms. The van der Waals surface area contributed by atoms with E-state index in [1.807, 2.05) is 0 Å². The number of nitro groups is 1. The lowest BCUT2D eigenvalue weighted by Crippen LogP contribution is -2.10. The predicted molar refractivity (Wildman–Crippen MR) is 74.6 cm³/mol. The highest BCUT2D eigenvalue weighted by Gasteiger charge is 2.16. The van der Waals surface area contributed by atoms with Gasteiger partial charge in [0.15, 0.2) is 11.6 Å². The molecule has 21 heavy (non-hydrogen) atoms. The van der Waals surface area contributed by atoms with Crippen LogP contribution in [0.2, 0.25) is 0 Å². The van der Waals surface area contributed by atoms with Crippen LogP contribution in [0.5, 0.6) is 0 Å². The van der Waals surface area contributed by atoms with Gasteiger partial charge in [0.05, 0.1) is 11.5 Å². The highest BCUT2D eigenvalue weighted by atomic mass is 16.6. The Labute approximate surface area is 121 Å². The maximum atomic E-state index is 11.0. The number of hydrogen-bond donors (Lipinski definition) is 1. The highest BCUT2D eigenvalue weighted by molar-refractivity contribution is 5.61. The van der Waals surface area contributed by atoms with Crippen molar-refractivity contribution in [2.24, 2.45) is 0 Å². The molecular formula is C13H16N4O4. The van der Waals surface area contributed by atoms with Crippen LogP contribution in [0.1, 0.15) is 11.4 Å². The van der Waals surface area contributed by atoms with Crippen molar-refractivity contribution in [2.45, 2.75) is 20.1 Å². The molecule has 0 aliphatic rings. The van der Waals surface area contributed by atoms with E-state index in [0.29, 0.717) is 30.4 Å². The molecule has 1 heterocycles. The van der Waals surface area contributed by atoms with Crippen LogP contribution in [-0.2, 0) is 17.9 Å². The van der Waals surface area contributed by atoms with E-state index in [-0.39, 0.29) is 12.3 Å². The van der Waals surface area contributed by atoms with Crippen molar-refractivity contribution < 1.29 is 14.8 Å². The first-order valence-electron chi connectivity index (χ1n) is 6.35. The first-order valence-corrected chi connectivity index (χ1v) is 6.35. The molecule has 0 aliphatic heterocycles. The number of aliphatic hydroxyl groups is 1. The quantitative estimate of drug-likeness (QED) is 0.635. The maximum absolute atomic E-state index is 11.0. The smallest absolute Gasteiger partial charge is 0.270 e. The molecule has 0 saturated heterocycles. The Morgan fingerprint density at radius 2 is 2.14 bits per heavy atom. The Kier molecular flexibility index (Phi) is 4.61. The number of rotatable bonds is 6. The normalized spacial score (nSPS) is 10.8. The van der Waals surface area contributed by atoms with Crippen LogP contribution in [0.25, 0.3) is 11.4 Å². The molecule has 2 aromatic rings. The molecule has 0 atom stereocenters. The first kappa shape index (κ1) is 15.1. The van der Waals surface area contributed by atoms with E-state index in [2.05, 4.69) is 10.2 Å². The van der Waals surface area contributed by atoms with Gasteiger partial charge in [-0.05, 0) is 18.6 Å². The molecule has 2 rings (SSSR count). The molecule has 0 spiro atoms. The minimum atomic E-state index is -0.445. The predicted octanol–water partition coefficient (Wildman–Crippen LogP) is 1.30. The molecule has 1 N–H and O–H groups in total. The molecule has 8 nitrogen and oxygen atoms in total. The highest BCUT2D eigenvalue weighted by Crippen LogP contribution is 2.25. The number of ether oxygens (including phenoxy) is 1. The third-order valence-corrected chi connectivity index (χ3v) is 3.02. The van der Waals surface area contributed by atoms with Crippen molar-refractivity contribution in [2.75, 3.05) is 13.7 Å². The number of nitro benzene ring substituents is 1. The van der Waals surface area contributed by atoms with Crippen LogP contribution in [-0.4, -0.2) is 38.5 Å². The topological polar surface area (TPSA) is 103 Å². The fourth-order valence-electron chi connectivity index (χ4n) is 2.08. The molecular weight excluding hydrogens is 276 g/mol. The van der Waals surface area contributed by atoms with Gasteiger partial charge in [-0.15, -0.1) is 10.2 Å². The minimum Gasteiger partial charge on any atom is -0.388 e. The Balaban J connectivity index is 2.50. The van der Waals surface area contributed by atoms with Gasteiger partial charge in [0.25, 0.3) is 5.69 Å². The lowest BCUT2D eigenvalue weighted by Gasteiger charge is -2.09. The SMILES string of the molecule is COCCn1c(CO)nnc1-c1cc(C)cc([N+](=O)[O-])c1. The number of benzene rings is 1. The zero-order valence-electron chi connectivity index (χ0n) is 11.8. The van der Waals surface area contributed by atoms with Gasteiger partial charge in [-0.3, -0.25) is 10.1 Å². The van der Waals surface area contributed by atoms with Gasteiger partial charge in [-0.25, -0.2) is 0 Å². The Hall–Kier alpha value is -2.32. The molecule has 112 valence electrons. The van der Waals surface area contributed by atoms with Crippen molar-refractivity contribution in [1.82, 2.24) is 14.8 Å². The monoisotopic (exact) mass is 292 g/mol. The molecule has 0 aliphatic carbocycles. The van der Waals surface area contributed by atoms with E-state index >= 15 is 0 Å². The zero-order valence-corrected chi connectivity index (χ0v) is 11.8. The number of aliphatic hydroxyl groups excluding tert-OH is 1. The number of non-ortho nitro benzene ring substituents is 1. The van der Waals surface area contributed by atoms with Gasteiger partial charge in [-0.1, -0.05) is 0 Å². The van der Waals surface area contributed by atoms with Crippen LogP contribution in [0.3, 0.4) is 0 Å². The van der Waals surface area contributed by atoms with E-state index in [0.717, 1.165) is 5.56 Å². The molecule has 1 aromatic carbocycles. The van der Waals surface area contributed by atoms with E-state index in [9.17, 15) is 15.2 Å². The summed E-state index contributed by atoms with van der Waals surface area (Å²) in [7, 11) is 1.57. The molecule has 0 radical (unpaired) electrons. The fraction of sp³-hybridized carbons (Fsp3) is 0.385. The van der Waals surface area contributed by atoms with E-state index in [4.69, 9.17) is 4.74 Å². The second-order valence-corrected chi connectivity index (χ2v) is 4.56. The number of nitrogens with zero attached hydrogens (tertiary/aromatic N) is 4. The van der Waals surface area contributed by atoms with Gasteiger partial charge in [-0.2, -0.15) is 0 Å². The number of aromatic nitrogens is 3. The summed E-state index contributed by atoms with van der Waals surface area (Å²) >= 11 is 0. The van der Waals surface area contributed by atoms with Crippen LogP contribution < -0.4 is 0 Å². The summed E-state index contributed by atoms with van der Waals surface area (Å²) in [4.78, 5) is 10.5. The average Bonchev–Trinajstić information content (AvgIpc) is 2.87. The molecule has 0 fully saturated rings. The molecule has 0 unspecified atom stereocenters. The second-order valence-electron chi connectivity index (χ2n) is 4.56. The summed E-state index contributed by atoms with van der Waals surface area (Å²) in [5.41, 5.74) is 1.34. The Morgan fingerprint density at radius 1 is 1.38 bits per heavy atom. The van der Waals surface area contributed by atoms with Gasteiger partial charge in [0.1, 0.15) is 6.61 Å². The van der Waals surface area contributed by atoms with Crippen LogP contribution in [0.15, 0.2) is 18.2 Å². The first-order chi connectivity index (χ1) is 10.1. The molecule has 1 aromatic heterocycles.